The van der Waals surface area contributed by atoms with E-state index in [9.17, 15) is 9.59 Å². The molecule has 0 fully saturated rings. The van der Waals surface area contributed by atoms with Gasteiger partial charge < -0.3 is 10.2 Å². The van der Waals surface area contributed by atoms with Crippen molar-refractivity contribution in [2.75, 3.05) is 10.2 Å². The molecule has 3 aromatic rings. The van der Waals surface area contributed by atoms with Crippen molar-refractivity contribution in [3.05, 3.63) is 95.6 Å². The molecule has 1 aliphatic heterocycles. The second-order valence-electron chi connectivity index (χ2n) is 6.37. The standard InChI is InChI=1S/C22H17N3O2S/c26-20(15-6-2-1-3-7-15)24-22(28)23-17-10-12-18(13-11-17)25-14-16-8-4-5-9-19(16)21(25)27/h1-13H,14H2,(H2,23,24,26,28). The Morgan fingerprint density at radius 3 is 2.29 bits per heavy atom. The van der Waals surface area contributed by atoms with Gasteiger partial charge in [0.1, 0.15) is 0 Å². The van der Waals surface area contributed by atoms with E-state index in [1.54, 1.807) is 29.2 Å². The number of hydrogen-bond donors (Lipinski definition) is 2. The summed E-state index contributed by atoms with van der Waals surface area (Å²) < 4.78 is 0. The van der Waals surface area contributed by atoms with Crippen molar-refractivity contribution in [3.8, 4) is 0 Å². The fourth-order valence-electron chi connectivity index (χ4n) is 3.11. The third-order valence-electron chi connectivity index (χ3n) is 4.52. The van der Waals surface area contributed by atoms with Crippen molar-refractivity contribution >= 4 is 40.5 Å². The quantitative estimate of drug-likeness (QED) is 0.668. The van der Waals surface area contributed by atoms with Crippen LogP contribution in [0, 0.1) is 0 Å². The lowest BCUT2D eigenvalue weighted by atomic mass is 10.1. The number of fused-ring (bicyclic) bond motifs is 1. The molecule has 6 heteroatoms. The van der Waals surface area contributed by atoms with Crippen molar-refractivity contribution in [2.24, 2.45) is 0 Å². The molecule has 2 N–H and O–H groups in total. The number of nitrogens with zero attached hydrogens (tertiary/aromatic N) is 1. The molecule has 0 aromatic heterocycles. The Bertz CT molecular complexity index is 1050. The number of rotatable bonds is 3. The van der Waals surface area contributed by atoms with E-state index in [1.165, 1.54) is 0 Å². The first-order chi connectivity index (χ1) is 13.6. The zero-order chi connectivity index (χ0) is 19.5. The highest BCUT2D eigenvalue weighted by atomic mass is 32.1. The molecule has 0 radical (unpaired) electrons. The van der Waals surface area contributed by atoms with Crippen LogP contribution in [0.4, 0.5) is 11.4 Å². The van der Waals surface area contributed by atoms with E-state index in [2.05, 4.69) is 10.6 Å². The van der Waals surface area contributed by atoms with Crippen molar-refractivity contribution < 1.29 is 9.59 Å². The highest BCUT2D eigenvalue weighted by molar-refractivity contribution is 7.80. The summed E-state index contributed by atoms with van der Waals surface area (Å²) in [5, 5.41) is 5.85. The fourth-order valence-corrected chi connectivity index (χ4v) is 3.33. The minimum atomic E-state index is -0.268. The summed E-state index contributed by atoms with van der Waals surface area (Å²) in [6, 6.07) is 23.9. The van der Waals surface area contributed by atoms with Gasteiger partial charge in [-0.3, -0.25) is 14.9 Å². The number of thiocarbonyl (C=S) groups is 1. The van der Waals surface area contributed by atoms with Crippen LogP contribution in [0.25, 0.3) is 0 Å². The largest absolute Gasteiger partial charge is 0.332 e. The van der Waals surface area contributed by atoms with Gasteiger partial charge in [0.25, 0.3) is 11.8 Å². The van der Waals surface area contributed by atoms with Crippen LogP contribution < -0.4 is 15.5 Å². The number of carbonyl (C=O) groups excluding carboxylic acids is 2. The van der Waals surface area contributed by atoms with E-state index in [-0.39, 0.29) is 16.9 Å². The Kier molecular flexibility index (Phi) is 4.87. The highest BCUT2D eigenvalue weighted by Crippen LogP contribution is 2.28. The van der Waals surface area contributed by atoms with Gasteiger partial charge in [-0.05, 0) is 60.2 Å². The smallest absolute Gasteiger partial charge is 0.258 e. The van der Waals surface area contributed by atoms with Gasteiger partial charge in [-0.2, -0.15) is 0 Å². The van der Waals surface area contributed by atoms with Crippen LogP contribution in [0.3, 0.4) is 0 Å². The molecule has 5 nitrogen and oxygen atoms in total. The van der Waals surface area contributed by atoms with E-state index in [0.717, 1.165) is 22.5 Å². The van der Waals surface area contributed by atoms with Crippen LogP contribution in [-0.2, 0) is 6.54 Å². The lowest BCUT2D eigenvalue weighted by Crippen LogP contribution is -2.34. The summed E-state index contributed by atoms with van der Waals surface area (Å²) in [5.74, 6) is -0.267. The Labute approximate surface area is 168 Å². The topological polar surface area (TPSA) is 61.4 Å². The summed E-state index contributed by atoms with van der Waals surface area (Å²) in [6.45, 7) is 0.563. The molecule has 0 spiro atoms. The molecule has 138 valence electrons. The van der Waals surface area contributed by atoms with Gasteiger partial charge in [-0.15, -0.1) is 0 Å². The fraction of sp³-hybridized carbons (Fsp3) is 0.0455. The molecule has 0 bridgehead atoms. The van der Waals surface area contributed by atoms with E-state index >= 15 is 0 Å². The maximum atomic E-state index is 12.6. The van der Waals surface area contributed by atoms with Gasteiger partial charge in [0.15, 0.2) is 5.11 Å². The molecule has 0 aliphatic carbocycles. The van der Waals surface area contributed by atoms with Crippen LogP contribution >= 0.6 is 12.2 Å². The Morgan fingerprint density at radius 2 is 1.57 bits per heavy atom. The van der Waals surface area contributed by atoms with Crippen LogP contribution in [0.15, 0.2) is 78.9 Å². The van der Waals surface area contributed by atoms with E-state index in [1.807, 2.05) is 54.6 Å². The summed E-state index contributed by atoms with van der Waals surface area (Å²) in [5.41, 5.74) is 3.85. The molecule has 0 atom stereocenters. The molecule has 4 rings (SSSR count). The van der Waals surface area contributed by atoms with Gasteiger partial charge in [0.2, 0.25) is 0 Å². The third-order valence-corrected chi connectivity index (χ3v) is 4.73. The molecule has 0 saturated carbocycles. The second-order valence-corrected chi connectivity index (χ2v) is 6.78. The zero-order valence-electron chi connectivity index (χ0n) is 14.9. The minimum Gasteiger partial charge on any atom is -0.332 e. The maximum absolute atomic E-state index is 12.6. The minimum absolute atomic E-state index is 0.00181. The first kappa shape index (κ1) is 17.9. The summed E-state index contributed by atoms with van der Waals surface area (Å²) in [6.07, 6.45) is 0. The number of carbonyl (C=O) groups is 2. The molecular formula is C22H17N3O2S. The predicted molar refractivity (Wildman–Crippen MR) is 114 cm³/mol. The Balaban J connectivity index is 1.40. The third kappa shape index (κ3) is 3.63. The number of amides is 2. The normalized spacial score (nSPS) is 12.4. The SMILES string of the molecule is O=C(NC(=S)Nc1ccc(N2Cc3ccccc3C2=O)cc1)c1ccccc1. The number of benzene rings is 3. The molecule has 1 heterocycles. The molecular weight excluding hydrogens is 370 g/mol. The lowest BCUT2D eigenvalue weighted by molar-refractivity contribution is 0.0974. The molecule has 0 saturated heterocycles. The van der Waals surface area contributed by atoms with E-state index in [4.69, 9.17) is 12.2 Å². The monoisotopic (exact) mass is 387 g/mol. The first-order valence-electron chi connectivity index (χ1n) is 8.79. The van der Waals surface area contributed by atoms with Gasteiger partial charge in [-0.25, -0.2) is 0 Å². The average molecular weight is 387 g/mol. The Hall–Kier alpha value is -3.51. The van der Waals surface area contributed by atoms with Crippen LogP contribution in [0.5, 0.6) is 0 Å². The van der Waals surface area contributed by atoms with Crippen molar-refractivity contribution in [3.63, 3.8) is 0 Å². The molecule has 0 unspecified atom stereocenters. The van der Waals surface area contributed by atoms with Crippen molar-refractivity contribution in [2.45, 2.75) is 6.54 Å². The maximum Gasteiger partial charge on any atom is 0.258 e. The van der Waals surface area contributed by atoms with Crippen LogP contribution in [0.2, 0.25) is 0 Å². The predicted octanol–water partition coefficient (Wildman–Crippen LogP) is 3.97. The lowest BCUT2D eigenvalue weighted by Gasteiger charge is -2.16. The summed E-state index contributed by atoms with van der Waals surface area (Å²) in [4.78, 5) is 26.4. The van der Waals surface area contributed by atoms with Crippen LogP contribution in [-0.4, -0.2) is 16.9 Å². The highest BCUT2D eigenvalue weighted by Gasteiger charge is 2.27. The number of anilines is 2. The van der Waals surface area contributed by atoms with Crippen LogP contribution in [0.1, 0.15) is 26.3 Å². The molecule has 28 heavy (non-hydrogen) atoms. The zero-order valence-corrected chi connectivity index (χ0v) is 15.7. The number of hydrogen-bond acceptors (Lipinski definition) is 3. The average Bonchev–Trinajstić information content (AvgIpc) is 3.06. The second kappa shape index (κ2) is 7.62. The van der Waals surface area contributed by atoms with Crippen molar-refractivity contribution in [1.29, 1.82) is 0 Å². The van der Waals surface area contributed by atoms with Gasteiger partial charge >= 0.3 is 0 Å². The van der Waals surface area contributed by atoms with E-state index in [0.29, 0.717) is 12.1 Å². The van der Waals surface area contributed by atoms with Crippen molar-refractivity contribution in [1.82, 2.24) is 5.32 Å². The number of nitrogens with one attached hydrogen (secondary N) is 2. The van der Waals surface area contributed by atoms with Gasteiger partial charge in [0.05, 0.1) is 6.54 Å². The molecule has 3 aromatic carbocycles. The summed E-state index contributed by atoms with van der Waals surface area (Å²) >= 11 is 5.21. The molecule has 1 aliphatic rings. The van der Waals surface area contributed by atoms with E-state index < -0.39 is 0 Å². The van der Waals surface area contributed by atoms with Gasteiger partial charge in [-0.1, -0.05) is 36.4 Å². The summed E-state index contributed by atoms with van der Waals surface area (Å²) in [7, 11) is 0. The first-order valence-corrected chi connectivity index (χ1v) is 9.20. The van der Waals surface area contributed by atoms with Gasteiger partial charge in [0, 0.05) is 22.5 Å². The Morgan fingerprint density at radius 1 is 0.893 bits per heavy atom. The molecule has 2 amide bonds.